The SMILES string of the molecule is C[C@@H]1C(CO)O[C@H](OCc2cc3c(c(O)c2O)C(=O)c2c(O)cccc2C3=O)[C@@H](O)C1O. The van der Waals surface area contributed by atoms with Gasteiger partial charge < -0.3 is 40.1 Å². The Balaban J connectivity index is 1.65. The molecule has 4 rings (SSSR count). The Kier molecular flexibility index (Phi) is 5.65. The molecule has 0 aromatic heterocycles. The Morgan fingerprint density at radius 2 is 1.69 bits per heavy atom. The zero-order valence-corrected chi connectivity index (χ0v) is 16.9. The van der Waals surface area contributed by atoms with Crippen molar-refractivity contribution in [3.63, 3.8) is 0 Å². The first-order valence-corrected chi connectivity index (χ1v) is 9.90. The fraction of sp³-hybridized carbons (Fsp3) is 0.364. The number of ether oxygens (including phenoxy) is 2. The number of carbonyl (C=O) groups is 2. The van der Waals surface area contributed by atoms with E-state index >= 15 is 0 Å². The first-order valence-electron chi connectivity index (χ1n) is 9.90. The van der Waals surface area contributed by atoms with Crippen molar-refractivity contribution in [3.8, 4) is 17.2 Å². The Labute approximate surface area is 181 Å². The maximum absolute atomic E-state index is 12.9. The van der Waals surface area contributed by atoms with Crippen molar-refractivity contribution in [2.24, 2.45) is 5.92 Å². The number of phenols is 3. The van der Waals surface area contributed by atoms with E-state index in [0.29, 0.717) is 0 Å². The predicted molar refractivity (Wildman–Crippen MR) is 106 cm³/mol. The Bertz CT molecular complexity index is 1090. The second-order valence-electron chi connectivity index (χ2n) is 7.89. The van der Waals surface area contributed by atoms with Gasteiger partial charge in [0.05, 0.1) is 36.5 Å². The van der Waals surface area contributed by atoms with E-state index in [0.717, 1.165) is 0 Å². The Hall–Kier alpha value is -3.02. The van der Waals surface area contributed by atoms with Gasteiger partial charge in [0, 0.05) is 22.6 Å². The largest absolute Gasteiger partial charge is 0.507 e. The molecule has 1 aliphatic carbocycles. The van der Waals surface area contributed by atoms with Crippen LogP contribution < -0.4 is 0 Å². The van der Waals surface area contributed by atoms with Crippen LogP contribution >= 0.6 is 0 Å². The molecule has 0 saturated carbocycles. The van der Waals surface area contributed by atoms with Crippen molar-refractivity contribution in [2.75, 3.05) is 6.61 Å². The van der Waals surface area contributed by atoms with Crippen LogP contribution in [0.2, 0.25) is 0 Å². The summed E-state index contributed by atoms with van der Waals surface area (Å²) in [5.41, 5.74) is -1.01. The number of hydrogen-bond acceptors (Lipinski definition) is 10. The van der Waals surface area contributed by atoms with Crippen LogP contribution in [-0.2, 0) is 16.1 Å². The molecule has 32 heavy (non-hydrogen) atoms. The Morgan fingerprint density at radius 1 is 0.969 bits per heavy atom. The minimum Gasteiger partial charge on any atom is -0.507 e. The fourth-order valence-electron chi connectivity index (χ4n) is 4.06. The maximum Gasteiger partial charge on any atom is 0.202 e. The molecular formula is C22H22O10. The second kappa shape index (κ2) is 8.15. The van der Waals surface area contributed by atoms with E-state index in [4.69, 9.17) is 9.47 Å². The molecule has 1 aliphatic heterocycles. The number of benzene rings is 2. The third-order valence-electron chi connectivity index (χ3n) is 5.98. The number of aliphatic hydroxyl groups excluding tert-OH is 3. The highest BCUT2D eigenvalue weighted by atomic mass is 16.7. The molecule has 0 spiro atoms. The second-order valence-corrected chi connectivity index (χ2v) is 7.89. The number of rotatable bonds is 4. The van der Waals surface area contributed by atoms with E-state index < -0.39 is 78.1 Å². The predicted octanol–water partition coefficient (Wildman–Crippen LogP) is 0.170. The first-order chi connectivity index (χ1) is 15.2. The molecule has 0 radical (unpaired) electrons. The smallest absolute Gasteiger partial charge is 0.202 e. The van der Waals surface area contributed by atoms with E-state index in [1.54, 1.807) is 6.92 Å². The molecule has 1 fully saturated rings. The van der Waals surface area contributed by atoms with Crippen molar-refractivity contribution in [2.45, 2.75) is 38.1 Å². The third-order valence-corrected chi connectivity index (χ3v) is 5.98. The third kappa shape index (κ3) is 3.33. The summed E-state index contributed by atoms with van der Waals surface area (Å²) >= 11 is 0. The quantitative estimate of drug-likeness (QED) is 0.303. The normalized spacial score (nSPS) is 27.2. The van der Waals surface area contributed by atoms with Crippen molar-refractivity contribution < 1.29 is 49.7 Å². The lowest BCUT2D eigenvalue weighted by Gasteiger charge is -2.40. The molecule has 6 N–H and O–H groups in total. The van der Waals surface area contributed by atoms with Crippen LogP contribution in [0.1, 0.15) is 44.3 Å². The molecule has 10 heteroatoms. The molecule has 2 unspecified atom stereocenters. The van der Waals surface area contributed by atoms with Gasteiger partial charge in [-0.15, -0.1) is 0 Å². The van der Waals surface area contributed by atoms with E-state index in [2.05, 4.69) is 0 Å². The van der Waals surface area contributed by atoms with Gasteiger partial charge in [0.15, 0.2) is 23.6 Å². The highest BCUT2D eigenvalue weighted by Gasteiger charge is 2.43. The van der Waals surface area contributed by atoms with Crippen LogP contribution in [0.4, 0.5) is 0 Å². The van der Waals surface area contributed by atoms with Gasteiger partial charge in [0.25, 0.3) is 0 Å². The lowest BCUT2D eigenvalue weighted by molar-refractivity contribution is -0.291. The number of hydrogen-bond donors (Lipinski definition) is 6. The van der Waals surface area contributed by atoms with Gasteiger partial charge in [0.2, 0.25) is 5.78 Å². The van der Waals surface area contributed by atoms with Crippen molar-refractivity contribution >= 4 is 11.6 Å². The number of fused-ring (bicyclic) bond motifs is 2. The molecule has 10 nitrogen and oxygen atoms in total. The summed E-state index contributed by atoms with van der Waals surface area (Å²) in [4.78, 5) is 25.7. The average Bonchev–Trinajstić information content (AvgIpc) is 2.77. The van der Waals surface area contributed by atoms with Gasteiger partial charge in [0.1, 0.15) is 11.9 Å². The summed E-state index contributed by atoms with van der Waals surface area (Å²) in [7, 11) is 0. The maximum atomic E-state index is 12.9. The van der Waals surface area contributed by atoms with Crippen molar-refractivity contribution in [1.82, 2.24) is 0 Å². The number of carbonyl (C=O) groups excluding carboxylic acids is 2. The fourth-order valence-corrected chi connectivity index (χ4v) is 4.06. The number of phenolic OH excluding ortho intramolecular Hbond substituents is 3. The summed E-state index contributed by atoms with van der Waals surface area (Å²) in [5.74, 6) is -4.01. The standard InChI is InChI=1S/C22H22O10/c1-8-13(6-23)32-22(21(30)16(8)25)31-7-9-5-11-15(20(29)17(9)26)19(28)14-10(18(11)27)3-2-4-12(14)24/h2-5,8,13,16,21-26,29-30H,6-7H2,1H3/t8-,13?,16?,21+,22+/m1/s1. The van der Waals surface area contributed by atoms with Gasteiger partial charge in [-0.1, -0.05) is 19.1 Å². The van der Waals surface area contributed by atoms with E-state index in [9.17, 15) is 40.2 Å². The van der Waals surface area contributed by atoms with Crippen molar-refractivity contribution in [1.29, 1.82) is 0 Å². The number of aromatic hydroxyl groups is 3. The minimum atomic E-state index is -1.45. The van der Waals surface area contributed by atoms with Crippen LogP contribution in [0.3, 0.4) is 0 Å². The Morgan fingerprint density at radius 3 is 2.38 bits per heavy atom. The zero-order valence-electron chi connectivity index (χ0n) is 16.9. The molecule has 0 amide bonds. The molecule has 1 heterocycles. The molecule has 5 atom stereocenters. The topological polar surface area (TPSA) is 174 Å². The highest BCUT2D eigenvalue weighted by Crippen LogP contribution is 2.42. The number of ketones is 2. The van der Waals surface area contributed by atoms with Gasteiger partial charge in [-0.05, 0) is 12.1 Å². The molecule has 2 aromatic rings. The highest BCUT2D eigenvalue weighted by molar-refractivity contribution is 6.30. The van der Waals surface area contributed by atoms with Crippen LogP contribution in [0, 0.1) is 5.92 Å². The molecule has 170 valence electrons. The molecule has 2 aromatic carbocycles. The van der Waals surface area contributed by atoms with Crippen LogP contribution in [-0.4, -0.2) is 73.4 Å². The summed E-state index contributed by atoms with van der Waals surface area (Å²) < 4.78 is 10.9. The first kappa shape index (κ1) is 22.2. The molecule has 2 aliphatic rings. The average molecular weight is 446 g/mol. The number of aliphatic hydroxyl groups is 3. The van der Waals surface area contributed by atoms with Crippen LogP contribution in [0.25, 0.3) is 0 Å². The van der Waals surface area contributed by atoms with E-state index in [1.165, 1.54) is 24.3 Å². The molecule has 1 saturated heterocycles. The lowest BCUT2D eigenvalue weighted by Crippen LogP contribution is -2.55. The summed E-state index contributed by atoms with van der Waals surface area (Å²) in [5, 5.41) is 60.6. The molecule has 0 bridgehead atoms. The lowest BCUT2D eigenvalue weighted by atomic mass is 9.82. The van der Waals surface area contributed by atoms with Crippen molar-refractivity contribution in [3.05, 3.63) is 52.1 Å². The van der Waals surface area contributed by atoms with Crippen LogP contribution in [0.15, 0.2) is 24.3 Å². The summed E-state index contributed by atoms with van der Waals surface area (Å²) in [6.07, 6.45) is -4.84. The van der Waals surface area contributed by atoms with Gasteiger partial charge in [-0.3, -0.25) is 9.59 Å². The monoisotopic (exact) mass is 446 g/mol. The summed E-state index contributed by atoms with van der Waals surface area (Å²) in [6, 6.07) is 5.18. The van der Waals surface area contributed by atoms with Gasteiger partial charge in [-0.25, -0.2) is 0 Å². The van der Waals surface area contributed by atoms with Gasteiger partial charge >= 0.3 is 0 Å². The zero-order chi connectivity index (χ0) is 23.3. The van der Waals surface area contributed by atoms with Crippen LogP contribution in [0.5, 0.6) is 17.2 Å². The van der Waals surface area contributed by atoms with E-state index in [-0.39, 0.29) is 22.3 Å². The van der Waals surface area contributed by atoms with Gasteiger partial charge in [-0.2, -0.15) is 0 Å². The summed E-state index contributed by atoms with van der Waals surface area (Å²) in [6.45, 7) is 0.719. The van der Waals surface area contributed by atoms with E-state index in [1.807, 2.05) is 0 Å². The molecular weight excluding hydrogens is 424 g/mol. The minimum absolute atomic E-state index is 0.0478.